The van der Waals surface area contributed by atoms with Gasteiger partial charge in [0.05, 0.1) is 12.1 Å². The molecule has 0 aliphatic rings. The SMILES string of the molecule is CCCCCCCNCc1cccc(OC)c1OCc1c(F)cccc1Cl. The maximum absolute atomic E-state index is 14.0. The molecule has 0 spiro atoms. The van der Waals surface area contributed by atoms with Crippen molar-refractivity contribution in [1.82, 2.24) is 5.32 Å². The number of halogens is 2. The van der Waals surface area contributed by atoms with Crippen molar-refractivity contribution in [2.45, 2.75) is 52.2 Å². The van der Waals surface area contributed by atoms with Crippen molar-refractivity contribution in [3.8, 4) is 11.5 Å². The van der Waals surface area contributed by atoms with E-state index in [9.17, 15) is 4.39 Å². The second-order valence-corrected chi connectivity index (χ2v) is 6.94. The second-order valence-electron chi connectivity index (χ2n) is 6.53. The van der Waals surface area contributed by atoms with E-state index in [-0.39, 0.29) is 12.4 Å². The van der Waals surface area contributed by atoms with E-state index in [4.69, 9.17) is 21.1 Å². The Morgan fingerprint density at radius 3 is 2.56 bits per heavy atom. The molecule has 148 valence electrons. The Labute approximate surface area is 166 Å². The van der Waals surface area contributed by atoms with Crippen LogP contribution in [0.4, 0.5) is 4.39 Å². The summed E-state index contributed by atoms with van der Waals surface area (Å²) in [6.07, 6.45) is 6.24. The average Bonchev–Trinajstić information content (AvgIpc) is 2.67. The maximum atomic E-state index is 14.0. The summed E-state index contributed by atoms with van der Waals surface area (Å²) in [6, 6.07) is 10.4. The highest BCUT2D eigenvalue weighted by Gasteiger charge is 2.13. The third-order valence-corrected chi connectivity index (χ3v) is 4.83. The molecule has 0 aliphatic heterocycles. The van der Waals surface area contributed by atoms with E-state index >= 15 is 0 Å². The summed E-state index contributed by atoms with van der Waals surface area (Å²) in [6.45, 7) is 3.90. The maximum Gasteiger partial charge on any atom is 0.166 e. The minimum atomic E-state index is -0.371. The number of para-hydroxylation sites is 1. The number of hydrogen-bond donors (Lipinski definition) is 1. The summed E-state index contributed by atoms with van der Waals surface area (Å²) >= 11 is 6.10. The lowest BCUT2D eigenvalue weighted by atomic mass is 10.1. The Hall–Kier alpha value is -1.78. The van der Waals surface area contributed by atoms with E-state index in [1.165, 1.54) is 31.7 Å². The van der Waals surface area contributed by atoms with Gasteiger partial charge in [-0.1, -0.05) is 62.4 Å². The predicted octanol–water partition coefficient (Wildman–Crippen LogP) is 6.13. The van der Waals surface area contributed by atoms with Crippen LogP contribution in [0.2, 0.25) is 5.02 Å². The molecule has 0 saturated carbocycles. The second kappa shape index (κ2) is 11.8. The van der Waals surface area contributed by atoms with E-state index < -0.39 is 0 Å². The van der Waals surface area contributed by atoms with E-state index in [1.807, 2.05) is 18.2 Å². The van der Waals surface area contributed by atoms with Crippen molar-refractivity contribution in [2.24, 2.45) is 0 Å². The molecule has 0 aliphatic carbocycles. The molecule has 2 aromatic carbocycles. The van der Waals surface area contributed by atoms with Crippen molar-refractivity contribution < 1.29 is 13.9 Å². The van der Waals surface area contributed by atoms with E-state index in [2.05, 4.69) is 12.2 Å². The summed E-state index contributed by atoms with van der Waals surface area (Å²) in [5.74, 6) is 0.881. The largest absolute Gasteiger partial charge is 0.493 e. The van der Waals surface area contributed by atoms with Crippen molar-refractivity contribution in [1.29, 1.82) is 0 Å². The first-order chi connectivity index (χ1) is 13.2. The number of methoxy groups -OCH3 is 1. The first kappa shape index (κ1) is 21.5. The lowest BCUT2D eigenvalue weighted by Gasteiger charge is -2.16. The molecule has 0 fully saturated rings. The molecule has 2 aromatic rings. The van der Waals surface area contributed by atoms with Crippen molar-refractivity contribution >= 4 is 11.6 Å². The van der Waals surface area contributed by atoms with Crippen LogP contribution in [0.25, 0.3) is 0 Å². The van der Waals surface area contributed by atoms with E-state index in [1.54, 1.807) is 19.2 Å². The summed E-state index contributed by atoms with van der Waals surface area (Å²) in [7, 11) is 1.60. The Balaban J connectivity index is 1.98. The molecular weight excluding hydrogens is 365 g/mol. The molecule has 27 heavy (non-hydrogen) atoms. The zero-order chi connectivity index (χ0) is 19.5. The van der Waals surface area contributed by atoms with Gasteiger partial charge in [0, 0.05) is 17.7 Å². The van der Waals surface area contributed by atoms with Crippen LogP contribution >= 0.6 is 11.6 Å². The van der Waals surface area contributed by atoms with Gasteiger partial charge in [-0.25, -0.2) is 4.39 Å². The van der Waals surface area contributed by atoms with Gasteiger partial charge in [0.15, 0.2) is 11.5 Å². The third-order valence-electron chi connectivity index (χ3n) is 4.48. The molecule has 0 amide bonds. The fraction of sp³-hybridized carbons (Fsp3) is 0.455. The topological polar surface area (TPSA) is 30.5 Å². The van der Waals surface area contributed by atoms with E-state index in [0.29, 0.717) is 28.6 Å². The molecule has 0 atom stereocenters. The molecule has 1 N–H and O–H groups in total. The number of nitrogens with one attached hydrogen (secondary N) is 1. The van der Waals surface area contributed by atoms with Crippen LogP contribution in [0.3, 0.4) is 0 Å². The van der Waals surface area contributed by atoms with Crippen LogP contribution in [-0.4, -0.2) is 13.7 Å². The van der Waals surface area contributed by atoms with Crippen molar-refractivity contribution in [2.75, 3.05) is 13.7 Å². The van der Waals surface area contributed by atoms with Crippen LogP contribution in [0.1, 0.15) is 50.2 Å². The Morgan fingerprint density at radius 1 is 1.04 bits per heavy atom. The Morgan fingerprint density at radius 2 is 1.81 bits per heavy atom. The lowest BCUT2D eigenvalue weighted by Crippen LogP contribution is -2.16. The number of ether oxygens (including phenoxy) is 2. The van der Waals surface area contributed by atoms with Crippen LogP contribution in [0.5, 0.6) is 11.5 Å². The fourth-order valence-electron chi connectivity index (χ4n) is 2.92. The summed E-state index contributed by atoms with van der Waals surface area (Å²) in [4.78, 5) is 0. The quantitative estimate of drug-likeness (QED) is 0.440. The Bertz CT molecular complexity index is 688. The van der Waals surface area contributed by atoms with Gasteiger partial charge in [0.2, 0.25) is 0 Å². The van der Waals surface area contributed by atoms with Crippen LogP contribution < -0.4 is 14.8 Å². The highest BCUT2D eigenvalue weighted by molar-refractivity contribution is 6.31. The summed E-state index contributed by atoms with van der Waals surface area (Å²) < 4.78 is 25.4. The fourth-order valence-corrected chi connectivity index (χ4v) is 3.13. The predicted molar refractivity (Wildman–Crippen MR) is 109 cm³/mol. The minimum absolute atomic E-state index is 0.0515. The van der Waals surface area contributed by atoms with Gasteiger partial charge >= 0.3 is 0 Å². The molecule has 0 saturated heterocycles. The van der Waals surface area contributed by atoms with Crippen LogP contribution in [0.15, 0.2) is 36.4 Å². The number of hydrogen-bond acceptors (Lipinski definition) is 3. The molecule has 0 radical (unpaired) electrons. The zero-order valence-electron chi connectivity index (χ0n) is 16.2. The minimum Gasteiger partial charge on any atom is -0.493 e. The van der Waals surface area contributed by atoms with Crippen molar-refractivity contribution in [3.05, 3.63) is 58.4 Å². The first-order valence-corrected chi connectivity index (χ1v) is 9.97. The molecular formula is C22H29ClFNO2. The van der Waals surface area contributed by atoms with E-state index in [0.717, 1.165) is 18.5 Å². The van der Waals surface area contributed by atoms with Crippen LogP contribution in [0, 0.1) is 5.82 Å². The number of rotatable bonds is 12. The smallest absolute Gasteiger partial charge is 0.166 e. The highest BCUT2D eigenvalue weighted by atomic mass is 35.5. The number of benzene rings is 2. The average molecular weight is 394 g/mol. The monoisotopic (exact) mass is 393 g/mol. The van der Waals surface area contributed by atoms with Crippen molar-refractivity contribution in [3.63, 3.8) is 0 Å². The van der Waals surface area contributed by atoms with Gasteiger partial charge in [0.1, 0.15) is 12.4 Å². The van der Waals surface area contributed by atoms with Gasteiger partial charge in [-0.05, 0) is 31.2 Å². The van der Waals surface area contributed by atoms with Gasteiger partial charge in [0.25, 0.3) is 0 Å². The van der Waals surface area contributed by atoms with Gasteiger partial charge in [-0.2, -0.15) is 0 Å². The zero-order valence-corrected chi connectivity index (χ0v) is 16.9. The van der Waals surface area contributed by atoms with Gasteiger partial charge in [-0.15, -0.1) is 0 Å². The summed E-state index contributed by atoms with van der Waals surface area (Å²) in [5, 5.41) is 3.81. The highest BCUT2D eigenvalue weighted by Crippen LogP contribution is 2.32. The Kier molecular flexibility index (Phi) is 9.43. The molecule has 3 nitrogen and oxygen atoms in total. The molecule has 2 rings (SSSR count). The third kappa shape index (κ3) is 6.71. The lowest BCUT2D eigenvalue weighted by molar-refractivity contribution is 0.276. The molecule has 0 bridgehead atoms. The summed E-state index contributed by atoms with van der Waals surface area (Å²) in [5.41, 5.74) is 1.33. The molecule has 0 heterocycles. The molecule has 5 heteroatoms. The van der Waals surface area contributed by atoms with Gasteiger partial charge < -0.3 is 14.8 Å². The van der Waals surface area contributed by atoms with Gasteiger partial charge in [-0.3, -0.25) is 0 Å². The van der Waals surface area contributed by atoms with Crippen LogP contribution in [-0.2, 0) is 13.2 Å². The molecule has 0 aromatic heterocycles. The number of unbranched alkanes of at least 4 members (excludes halogenated alkanes) is 4. The standard InChI is InChI=1S/C22H29ClFNO2/c1-3-4-5-6-7-14-25-15-17-10-8-13-21(26-2)22(17)27-16-18-19(23)11-9-12-20(18)24/h8-13,25H,3-7,14-16H2,1-2H3. The molecule has 0 unspecified atom stereocenters. The normalized spacial score (nSPS) is 10.8. The first-order valence-electron chi connectivity index (χ1n) is 9.59.